The van der Waals surface area contributed by atoms with Gasteiger partial charge in [-0.15, -0.1) is 0 Å². The third-order valence-electron chi connectivity index (χ3n) is 5.19. The molecule has 36 heavy (non-hydrogen) atoms. The van der Waals surface area contributed by atoms with E-state index in [1.165, 1.54) is 39.3 Å². The number of methoxy groups -OCH3 is 3. The minimum Gasteiger partial charge on any atom is -0.501 e. The molecule has 10 heteroatoms. The highest BCUT2D eigenvalue weighted by molar-refractivity contribution is 7.99. The molecule has 0 fully saturated rings. The van der Waals surface area contributed by atoms with E-state index in [0.717, 1.165) is 5.56 Å². The SMILES string of the molecule is CC.COC1=CC(C(=O)Nc2ccccc2C(C)Sc2nc(C(=O)O)cn2C)=CC(OC)=C(OC)C1. The fourth-order valence-electron chi connectivity index (χ4n) is 3.38. The van der Waals surface area contributed by atoms with Gasteiger partial charge in [-0.05, 0) is 30.7 Å². The number of benzene rings is 1. The maximum absolute atomic E-state index is 13.2. The van der Waals surface area contributed by atoms with Gasteiger partial charge in [-0.1, -0.05) is 43.8 Å². The molecule has 1 aromatic heterocycles. The minimum absolute atomic E-state index is 0.0164. The van der Waals surface area contributed by atoms with E-state index in [0.29, 0.717) is 40.1 Å². The van der Waals surface area contributed by atoms with Crippen LogP contribution >= 0.6 is 11.8 Å². The van der Waals surface area contributed by atoms with Crippen LogP contribution in [0, 0.1) is 0 Å². The van der Waals surface area contributed by atoms with E-state index in [-0.39, 0.29) is 16.9 Å². The smallest absolute Gasteiger partial charge is 0.356 e. The van der Waals surface area contributed by atoms with Crippen LogP contribution in [0.5, 0.6) is 0 Å². The van der Waals surface area contributed by atoms with E-state index in [9.17, 15) is 14.7 Å². The Hall–Kier alpha value is -3.66. The molecule has 0 spiro atoms. The lowest BCUT2D eigenvalue weighted by Crippen LogP contribution is -2.15. The normalized spacial score (nSPS) is 13.9. The van der Waals surface area contributed by atoms with Gasteiger partial charge in [-0.3, -0.25) is 4.79 Å². The van der Waals surface area contributed by atoms with Crippen LogP contribution in [0.2, 0.25) is 0 Å². The van der Waals surface area contributed by atoms with Gasteiger partial charge in [0.25, 0.3) is 5.91 Å². The molecule has 1 unspecified atom stereocenters. The maximum Gasteiger partial charge on any atom is 0.356 e. The molecule has 1 atom stereocenters. The zero-order valence-electron chi connectivity index (χ0n) is 21.6. The Balaban J connectivity index is 0.00000222. The molecule has 2 N–H and O–H groups in total. The summed E-state index contributed by atoms with van der Waals surface area (Å²) in [5, 5.41) is 12.6. The van der Waals surface area contributed by atoms with Gasteiger partial charge < -0.3 is 29.2 Å². The van der Waals surface area contributed by atoms with Gasteiger partial charge >= 0.3 is 5.97 Å². The van der Waals surface area contributed by atoms with Crippen molar-refractivity contribution >= 4 is 29.3 Å². The van der Waals surface area contributed by atoms with Crippen LogP contribution in [0.1, 0.15) is 48.5 Å². The zero-order valence-corrected chi connectivity index (χ0v) is 22.4. The van der Waals surface area contributed by atoms with E-state index >= 15 is 0 Å². The van der Waals surface area contributed by atoms with Gasteiger partial charge in [-0.2, -0.15) is 0 Å². The summed E-state index contributed by atoms with van der Waals surface area (Å²) in [6.45, 7) is 5.97. The first-order chi connectivity index (χ1) is 17.3. The molecule has 194 valence electrons. The number of imidazole rings is 1. The highest BCUT2D eigenvalue weighted by Gasteiger charge is 2.22. The molecule has 0 bridgehead atoms. The highest BCUT2D eigenvalue weighted by Crippen LogP contribution is 2.37. The molecule has 1 heterocycles. The average Bonchev–Trinajstić information content (AvgIpc) is 3.14. The van der Waals surface area contributed by atoms with Crippen LogP contribution in [-0.4, -0.2) is 47.9 Å². The Bertz CT molecular complexity index is 1180. The Labute approximate surface area is 215 Å². The summed E-state index contributed by atoms with van der Waals surface area (Å²) in [4.78, 5) is 28.6. The van der Waals surface area contributed by atoms with Crippen molar-refractivity contribution in [2.24, 2.45) is 7.05 Å². The molecule has 1 aliphatic rings. The summed E-state index contributed by atoms with van der Waals surface area (Å²) in [6.07, 6.45) is 5.10. The number of amides is 1. The average molecular weight is 516 g/mol. The van der Waals surface area contributed by atoms with Crippen molar-refractivity contribution in [3.63, 3.8) is 0 Å². The quantitative estimate of drug-likeness (QED) is 0.433. The predicted molar refractivity (Wildman–Crippen MR) is 140 cm³/mol. The predicted octanol–water partition coefficient (Wildman–Crippen LogP) is 5.30. The summed E-state index contributed by atoms with van der Waals surface area (Å²) in [7, 11) is 6.33. The number of hydrogen-bond acceptors (Lipinski definition) is 7. The van der Waals surface area contributed by atoms with Crippen molar-refractivity contribution in [2.45, 2.75) is 37.6 Å². The molecular weight excluding hydrogens is 482 g/mol. The molecule has 3 rings (SSSR count). The molecule has 0 saturated heterocycles. The van der Waals surface area contributed by atoms with Gasteiger partial charge in [0.1, 0.15) is 11.5 Å². The standard InChI is InChI=1S/C24H27N3O6S.C2H6/c1-14(34-24-26-19(23(29)30)13-27(24)2)17-8-6-7-9-18(17)25-22(28)15-10-16(31-3)12-21(33-5)20(11-15)32-4;1-2/h6-11,13-14H,12H2,1-5H3,(H,25,28)(H,29,30);1-2H3. The van der Waals surface area contributed by atoms with Gasteiger partial charge in [0.2, 0.25) is 0 Å². The Morgan fingerprint density at radius 1 is 1.11 bits per heavy atom. The molecule has 9 nitrogen and oxygen atoms in total. The summed E-state index contributed by atoms with van der Waals surface area (Å²) in [5.41, 5.74) is 1.84. The first kappa shape index (κ1) is 28.6. The summed E-state index contributed by atoms with van der Waals surface area (Å²) in [5.74, 6) is 0.142. The second-order valence-corrected chi connectivity index (χ2v) is 8.72. The number of aryl methyl sites for hydroxylation is 1. The Morgan fingerprint density at radius 2 is 1.81 bits per heavy atom. The first-order valence-electron chi connectivity index (χ1n) is 11.4. The monoisotopic (exact) mass is 515 g/mol. The lowest BCUT2D eigenvalue weighted by Gasteiger charge is -2.17. The van der Waals surface area contributed by atoms with Crippen molar-refractivity contribution in [2.75, 3.05) is 26.6 Å². The third kappa shape index (κ3) is 6.94. The van der Waals surface area contributed by atoms with E-state index in [1.807, 2.05) is 45.0 Å². The van der Waals surface area contributed by atoms with Crippen molar-refractivity contribution in [3.8, 4) is 0 Å². The summed E-state index contributed by atoms with van der Waals surface area (Å²) >= 11 is 1.40. The summed E-state index contributed by atoms with van der Waals surface area (Å²) < 4.78 is 17.9. The lowest BCUT2D eigenvalue weighted by molar-refractivity contribution is -0.112. The van der Waals surface area contributed by atoms with E-state index in [4.69, 9.17) is 14.2 Å². The summed E-state index contributed by atoms with van der Waals surface area (Å²) in [6, 6.07) is 7.45. The zero-order chi connectivity index (χ0) is 26.8. The second-order valence-electron chi connectivity index (χ2n) is 7.41. The molecule has 1 aliphatic carbocycles. The fourth-order valence-corrected chi connectivity index (χ4v) is 4.40. The van der Waals surface area contributed by atoms with E-state index in [1.54, 1.807) is 23.8 Å². The third-order valence-corrected chi connectivity index (χ3v) is 6.38. The van der Waals surface area contributed by atoms with Crippen molar-refractivity contribution in [1.82, 2.24) is 9.55 Å². The van der Waals surface area contributed by atoms with E-state index < -0.39 is 5.97 Å². The second kappa shape index (κ2) is 13.4. The lowest BCUT2D eigenvalue weighted by atomic mass is 10.1. The first-order valence-corrected chi connectivity index (χ1v) is 12.3. The fraction of sp³-hybridized carbons (Fsp3) is 0.346. The van der Waals surface area contributed by atoms with Crippen LogP contribution in [0.4, 0.5) is 5.69 Å². The highest BCUT2D eigenvalue weighted by atomic mass is 32.2. The molecular formula is C26H33N3O6S. The van der Waals surface area contributed by atoms with Crippen molar-refractivity contribution < 1.29 is 28.9 Å². The van der Waals surface area contributed by atoms with Gasteiger partial charge in [0, 0.05) is 29.8 Å². The van der Waals surface area contributed by atoms with Crippen LogP contribution in [-0.2, 0) is 26.1 Å². The van der Waals surface area contributed by atoms with Crippen molar-refractivity contribution in [3.05, 3.63) is 76.7 Å². The molecule has 2 aromatic rings. The maximum atomic E-state index is 13.2. The minimum atomic E-state index is -1.08. The van der Waals surface area contributed by atoms with Crippen molar-refractivity contribution in [1.29, 1.82) is 0 Å². The number of para-hydroxylation sites is 1. The van der Waals surface area contributed by atoms with Crippen LogP contribution < -0.4 is 5.32 Å². The number of carboxylic acids is 1. The number of nitrogens with zero attached hydrogens (tertiary/aromatic N) is 2. The van der Waals surface area contributed by atoms with Gasteiger partial charge in [0.05, 0.1) is 27.8 Å². The number of carbonyl (C=O) groups excluding carboxylic acids is 1. The number of carboxylic acid groups (broad SMARTS) is 1. The number of nitrogens with one attached hydrogen (secondary N) is 1. The molecule has 1 amide bonds. The van der Waals surface area contributed by atoms with Gasteiger partial charge in [-0.25, -0.2) is 9.78 Å². The van der Waals surface area contributed by atoms with Crippen LogP contribution in [0.15, 0.2) is 70.6 Å². The molecule has 0 aliphatic heterocycles. The topological polar surface area (TPSA) is 112 Å². The molecule has 0 radical (unpaired) electrons. The van der Waals surface area contributed by atoms with Crippen LogP contribution in [0.25, 0.3) is 0 Å². The van der Waals surface area contributed by atoms with Gasteiger partial charge in [0.15, 0.2) is 16.6 Å². The largest absolute Gasteiger partial charge is 0.501 e. The number of thioether (sulfide) groups is 1. The number of hydrogen-bond donors (Lipinski definition) is 2. The number of anilines is 1. The number of ether oxygens (including phenoxy) is 3. The number of allylic oxidation sites excluding steroid dienone is 1. The number of rotatable bonds is 9. The van der Waals surface area contributed by atoms with E-state index in [2.05, 4.69) is 10.3 Å². The number of aromatic nitrogens is 2. The molecule has 0 saturated carbocycles. The molecule has 1 aromatic carbocycles. The number of carbonyl (C=O) groups is 2. The number of aromatic carboxylic acids is 1. The van der Waals surface area contributed by atoms with Crippen LogP contribution in [0.3, 0.4) is 0 Å². The Morgan fingerprint density at radius 3 is 2.39 bits per heavy atom. The Kier molecular flexibility index (Phi) is 10.7.